The highest BCUT2D eigenvalue weighted by Gasteiger charge is 2.34. The van der Waals surface area contributed by atoms with Crippen molar-refractivity contribution in [3.05, 3.63) is 66.4 Å². The zero-order valence-corrected chi connectivity index (χ0v) is 14.7. The molecule has 1 aliphatic heterocycles. The van der Waals surface area contributed by atoms with Crippen LogP contribution in [0.25, 0.3) is 10.9 Å². The van der Waals surface area contributed by atoms with E-state index >= 15 is 0 Å². The second-order valence-electron chi connectivity index (χ2n) is 6.52. The van der Waals surface area contributed by atoms with Crippen molar-refractivity contribution >= 4 is 34.1 Å². The van der Waals surface area contributed by atoms with Gasteiger partial charge in [-0.3, -0.25) is 14.6 Å². The molecule has 2 heterocycles. The molecule has 0 unspecified atom stereocenters. The molecule has 2 aromatic carbocycles. The van der Waals surface area contributed by atoms with Crippen LogP contribution in [-0.2, 0) is 4.79 Å². The van der Waals surface area contributed by atoms with Crippen molar-refractivity contribution in [3.8, 4) is 0 Å². The van der Waals surface area contributed by atoms with Gasteiger partial charge in [-0.2, -0.15) is 0 Å². The number of hydrogen-bond acceptors (Lipinski definition) is 3. The predicted octanol–water partition coefficient (Wildman–Crippen LogP) is 3.64. The highest BCUT2D eigenvalue weighted by molar-refractivity contribution is 6.15. The number of rotatable bonds is 1. The monoisotopic (exact) mass is 345 g/mol. The van der Waals surface area contributed by atoms with E-state index in [-0.39, 0.29) is 17.9 Å². The molecule has 0 radical (unpaired) electrons. The minimum Gasteiger partial charge on any atom is -0.306 e. The summed E-state index contributed by atoms with van der Waals surface area (Å²) in [6.07, 6.45) is 1.66. The lowest BCUT2D eigenvalue weighted by molar-refractivity contribution is -0.117. The summed E-state index contributed by atoms with van der Waals surface area (Å²) >= 11 is 0. The topological polar surface area (TPSA) is 53.5 Å². The summed E-state index contributed by atoms with van der Waals surface area (Å²) in [5.74, 6) is -0.0995. The second-order valence-corrected chi connectivity index (χ2v) is 6.52. The number of aromatic nitrogens is 1. The van der Waals surface area contributed by atoms with E-state index in [4.69, 9.17) is 0 Å². The Morgan fingerprint density at radius 2 is 1.69 bits per heavy atom. The van der Waals surface area contributed by atoms with Crippen LogP contribution in [0.5, 0.6) is 0 Å². The highest BCUT2D eigenvalue weighted by Crippen LogP contribution is 2.36. The lowest BCUT2D eigenvalue weighted by Gasteiger charge is -2.40. The first kappa shape index (κ1) is 16.3. The van der Waals surface area contributed by atoms with E-state index in [1.165, 1.54) is 0 Å². The fraction of sp³-hybridized carbons (Fsp3) is 0.190. The molecule has 1 aliphatic rings. The standard InChI is InChI=1S/C21H19N3O2/c1-14-13-23(19-9-5-6-10-20(19)24(14)15(2)25)21(26)17-11-12-22-18-8-4-3-7-16(17)18/h3-12,14H,13H2,1-2H3/t14-/m0/s1. The Hall–Kier alpha value is -3.21. The van der Waals surface area contributed by atoms with Crippen LogP contribution in [0.1, 0.15) is 24.2 Å². The summed E-state index contributed by atoms with van der Waals surface area (Å²) in [6, 6.07) is 16.8. The van der Waals surface area contributed by atoms with Crippen LogP contribution in [0.4, 0.5) is 11.4 Å². The third kappa shape index (κ3) is 2.52. The Morgan fingerprint density at radius 1 is 1.00 bits per heavy atom. The number of benzene rings is 2. The Balaban J connectivity index is 1.83. The molecule has 3 aromatic rings. The smallest absolute Gasteiger partial charge is 0.259 e. The predicted molar refractivity (Wildman–Crippen MR) is 102 cm³/mol. The first-order valence-corrected chi connectivity index (χ1v) is 8.62. The largest absolute Gasteiger partial charge is 0.306 e. The molecule has 0 fully saturated rings. The van der Waals surface area contributed by atoms with Crippen molar-refractivity contribution in [2.45, 2.75) is 19.9 Å². The first-order valence-electron chi connectivity index (χ1n) is 8.62. The van der Waals surface area contributed by atoms with Crippen LogP contribution in [0.2, 0.25) is 0 Å². The quantitative estimate of drug-likeness (QED) is 0.677. The zero-order valence-electron chi connectivity index (χ0n) is 14.7. The van der Waals surface area contributed by atoms with E-state index in [1.807, 2.05) is 55.5 Å². The van der Waals surface area contributed by atoms with Crippen molar-refractivity contribution in [1.82, 2.24) is 4.98 Å². The molecule has 0 saturated carbocycles. The number of fused-ring (bicyclic) bond motifs is 2. The van der Waals surface area contributed by atoms with Crippen molar-refractivity contribution in [2.24, 2.45) is 0 Å². The van der Waals surface area contributed by atoms with Crippen LogP contribution in [0, 0.1) is 0 Å². The molecular weight excluding hydrogens is 326 g/mol. The first-order chi connectivity index (χ1) is 12.6. The van der Waals surface area contributed by atoms with Crippen LogP contribution < -0.4 is 9.80 Å². The second kappa shape index (κ2) is 6.26. The zero-order chi connectivity index (χ0) is 18.3. The van der Waals surface area contributed by atoms with Gasteiger partial charge in [-0.25, -0.2) is 0 Å². The molecule has 2 amide bonds. The van der Waals surface area contributed by atoms with Gasteiger partial charge in [-0.05, 0) is 31.2 Å². The number of carbonyl (C=O) groups is 2. The minimum atomic E-state index is -0.0977. The van der Waals surface area contributed by atoms with Crippen molar-refractivity contribution in [2.75, 3.05) is 16.3 Å². The molecule has 0 bridgehead atoms. The van der Waals surface area contributed by atoms with E-state index < -0.39 is 0 Å². The maximum atomic E-state index is 13.4. The molecule has 4 rings (SSSR count). The van der Waals surface area contributed by atoms with Gasteiger partial charge in [0, 0.05) is 25.1 Å². The Bertz CT molecular complexity index is 1010. The Labute approximate surface area is 151 Å². The number of pyridine rings is 1. The molecule has 0 N–H and O–H groups in total. The molecule has 1 aromatic heterocycles. The van der Waals surface area contributed by atoms with E-state index in [1.54, 1.807) is 29.0 Å². The third-order valence-electron chi connectivity index (χ3n) is 4.78. The van der Waals surface area contributed by atoms with Gasteiger partial charge in [0.05, 0.1) is 28.5 Å². The average molecular weight is 345 g/mol. The van der Waals surface area contributed by atoms with E-state index in [9.17, 15) is 9.59 Å². The number of anilines is 2. The summed E-state index contributed by atoms with van der Waals surface area (Å²) < 4.78 is 0. The van der Waals surface area contributed by atoms with E-state index in [0.717, 1.165) is 22.3 Å². The summed E-state index contributed by atoms with van der Waals surface area (Å²) in [7, 11) is 0. The average Bonchev–Trinajstić information content (AvgIpc) is 2.66. The van der Waals surface area contributed by atoms with Crippen molar-refractivity contribution < 1.29 is 9.59 Å². The molecule has 0 aliphatic carbocycles. The van der Waals surface area contributed by atoms with Gasteiger partial charge in [0.15, 0.2) is 0 Å². The lowest BCUT2D eigenvalue weighted by atomic mass is 10.0. The molecule has 5 heteroatoms. The molecular formula is C21H19N3O2. The van der Waals surface area contributed by atoms with Crippen LogP contribution >= 0.6 is 0 Å². The molecule has 1 atom stereocenters. The van der Waals surface area contributed by atoms with Gasteiger partial charge >= 0.3 is 0 Å². The van der Waals surface area contributed by atoms with Gasteiger partial charge < -0.3 is 9.80 Å². The fourth-order valence-corrected chi connectivity index (χ4v) is 3.68. The summed E-state index contributed by atoms with van der Waals surface area (Å²) in [5.41, 5.74) is 2.94. The van der Waals surface area contributed by atoms with Gasteiger partial charge in [-0.1, -0.05) is 30.3 Å². The maximum Gasteiger partial charge on any atom is 0.259 e. The molecule has 26 heavy (non-hydrogen) atoms. The van der Waals surface area contributed by atoms with Crippen LogP contribution in [-0.4, -0.2) is 29.4 Å². The van der Waals surface area contributed by atoms with Gasteiger partial charge in [-0.15, -0.1) is 0 Å². The SMILES string of the molecule is CC(=O)N1c2ccccc2N(C(=O)c2ccnc3ccccc23)C[C@@H]1C. The minimum absolute atomic E-state index is 0.0218. The van der Waals surface area contributed by atoms with E-state index in [0.29, 0.717) is 12.1 Å². The maximum absolute atomic E-state index is 13.4. The number of hydrogen-bond donors (Lipinski definition) is 0. The summed E-state index contributed by atoms with van der Waals surface area (Å²) in [4.78, 5) is 33.4. The highest BCUT2D eigenvalue weighted by atomic mass is 16.2. The Morgan fingerprint density at radius 3 is 2.46 bits per heavy atom. The number of para-hydroxylation sites is 3. The van der Waals surface area contributed by atoms with Crippen molar-refractivity contribution in [1.29, 1.82) is 0 Å². The summed E-state index contributed by atoms with van der Waals surface area (Å²) in [5, 5.41) is 0.833. The fourth-order valence-electron chi connectivity index (χ4n) is 3.68. The van der Waals surface area contributed by atoms with Gasteiger partial charge in [0.25, 0.3) is 5.91 Å². The lowest BCUT2D eigenvalue weighted by Crippen LogP contribution is -2.51. The summed E-state index contributed by atoms with van der Waals surface area (Å²) in [6.45, 7) is 3.97. The molecule has 0 saturated heterocycles. The molecule has 130 valence electrons. The van der Waals surface area contributed by atoms with Gasteiger partial charge in [0.2, 0.25) is 5.91 Å². The van der Waals surface area contributed by atoms with Crippen molar-refractivity contribution in [3.63, 3.8) is 0 Å². The normalized spacial score (nSPS) is 16.5. The van der Waals surface area contributed by atoms with Crippen LogP contribution in [0.3, 0.4) is 0 Å². The van der Waals surface area contributed by atoms with Crippen LogP contribution in [0.15, 0.2) is 60.8 Å². The third-order valence-corrected chi connectivity index (χ3v) is 4.78. The molecule has 0 spiro atoms. The number of carbonyl (C=O) groups excluding carboxylic acids is 2. The number of amides is 2. The Kier molecular flexibility index (Phi) is 3.92. The van der Waals surface area contributed by atoms with E-state index in [2.05, 4.69) is 4.98 Å². The van der Waals surface area contributed by atoms with Gasteiger partial charge in [0.1, 0.15) is 0 Å². The molecule has 5 nitrogen and oxygen atoms in total. The number of nitrogens with zero attached hydrogens (tertiary/aromatic N) is 3.